The highest BCUT2D eigenvalue weighted by molar-refractivity contribution is 7.16. The Hall–Kier alpha value is -2.05. The molecule has 3 amide bonds. The third kappa shape index (κ3) is 4.96. The number of carbonyl (C=O) groups is 2. The van der Waals surface area contributed by atoms with Gasteiger partial charge in [0.2, 0.25) is 5.91 Å². The molecule has 0 spiro atoms. The van der Waals surface area contributed by atoms with Gasteiger partial charge in [0.15, 0.2) is 0 Å². The van der Waals surface area contributed by atoms with E-state index in [9.17, 15) is 9.59 Å². The van der Waals surface area contributed by atoms with E-state index < -0.39 is 0 Å². The predicted octanol–water partition coefficient (Wildman–Crippen LogP) is 4.80. The highest BCUT2D eigenvalue weighted by atomic mass is 35.5. The summed E-state index contributed by atoms with van der Waals surface area (Å²) in [4.78, 5) is 27.1. The van der Waals surface area contributed by atoms with Crippen LogP contribution in [0, 0.1) is 5.92 Å². The van der Waals surface area contributed by atoms with E-state index in [1.807, 2.05) is 31.2 Å². The van der Waals surface area contributed by atoms with Crippen LogP contribution in [0.1, 0.15) is 24.6 Å². The minimum Gasteiger partial charge on any atom is -0.326 e. The van der Waals surface area contributed by atoms with Crippen LogP contribution in [-0.2, 0) is 11.3 Å². The number of nitrogens with one attached hydrogen (secondary N) is 2. The summed E-state index contributed by atoms with van der Waals surface area (Å²) in [5, 5.41) is 5.77. The van der Waals surface area contributed by atoms with Gasteiger partial charge >= 0.3 is 6.03 Å². The Labute approximate surface area is 156 Å². The quantitative estimate of drug-likeness (QED) is 0.759. The molecule has 132 valence electrons. The molecule has 1 aliphatic rings. The number of urea groups is 1. The second-order valence-electron chi connectivity index (χ2n) is 5.99. The predicted molar refractivity (Wildman–Crippen MR) is 102 cm³/mol. The van der Waals surface area contributed by atoms with Crippen LogP contribution in [0.4, 0.5) is 16.2 Å². The Morgan fingerprint density at radius 3 is 2.52 bits per heavy atom. The van der Waals surface area contributed by atoms with Crippen LogP contribution in [0.5, 0.6) is 0 Å². The summed E-state index contributed by atoms with van der Waals surface area (Å²) in [5.74, 6) is 0.194. The third-order valence-corrected chi connectivity index (χ3v) is 5.19. The van der Waals surface area contributed by atoms with Crippen molar-refractivity contribution < 1.29 is 9.59 Å². The summed E-state index contributed by atoms with van der Waals surface area (Å²) >= 11 is 7.42. The molecular weight excluding hydrogens is 358 g/mol. The minimum atomic E-state index is -0.183. The number of thiophene rings is 1. The molecule has 0 radical (unpaired) electrons. The van der Waals surface area contributed by atoms with Crippen molar-refractivity contribution in [1.82, 2.24) is 4.90 Å². The van der Waals surface area contributed by atoms with Crippen molar-refractivity contribution in [3.63, 3.8) is 0 Å². The minimum absolute atomic E-state index is 0.0493. The van der Waals surface area contributed by atoms with E-state index in [0.29, 0.717) is 28.8 Å². The molecule has 25 heavy (non-hydrogen) atoms. The number of hydrogen-bond acceptors (Lipinski definition) is 3. The largest absolute Gasteiger partial charge is 0.326 e. The number of halogens is 1. The van der Waals surface area contributed by atoms with Crippen LogP contribution in [0.15, 0.2) is 36.4 Å². The molecule has 1 aromatic heterocycles. The van der Waals surface area contributed by atoms with Gasteiger partial charge in [-0.05, 0) is 50.1 Å². The van der Waals surface area contributed by atoms with Crippen LogP contribution in [0.25, 0.3) is 0 Å². The standard InChI is InChI=1S/C18H20ClN3O2S/c1-2-22(11-15-8-9-16(19)25-15)18(24)21-14-5-3-4-13(10-14)20-17(23)12-6-7-12/h3-5,8-10,12H,2,6-7,11H2,1H3,(H,20,23)(H,21,24). The van der Waals surface area contributed by atoms with Gasteiger partial charge in [0.25, 0.3) is 0 Å². The Morgan fingerprint density at radius 2 is 1.92 bits per heavy atom. The monoisotopic (exact) mass is 377 g/mol. The van der Waals surface area contributed by atoms with E-state index in [1.54, 1.807) is 17.0 Å². The zero-order valence-corrected chi connectivity index (χ0v) is 15.5. The lowest BCUT2D eigenvalue weighted by Crippen LogP contribution is -2.34. The fourth-order valence-corrected chi connectivity index (χ4v) is 3.52. The summed E-state index contributed by atoms with van der Waals surface area (Å²) in [6.45, 7) is 3.03. The third-order valence-electron chi connectivity index (χ3n) is 3.97. The van der Waals surface area contributed by atoms with Gasteiger partial charge in [-0.2, -0.15) is 0 Å². The molecule has 0 aliphatic heterocycles. The van der Waals surface area contributed by atoms with Gasteiger partial charge in [-0.1, -0.05) is 17.7 Å². The zero-order chi connectivity index (χ0) is 17.8. The van der Waals surface area contributed by atoms with Crippen molar-refractivity contribution in [1.29, 1.82) is 0 Å². The molecule has 7 heteroatoms. The van der Waals surface area contributed by atoms with Crippen molar-refractivity contribution in [2.45, 2.75) is 26.3 Å². The fourth-order valence-electron chi connectivity index (χ4n) is 2.42. The first kappa shape index (κ1) is 17.8. The smallest absolute Gasteiger partial charge is 0.322 e. The molecule has 1 aliphatic carbocycles. The molecule has 5 nitrogen and oxygen atoms in total. The van der Waals surface area contributed by atoms with Gasteiger partial charge in [0.1, 0.15) is 0 Å². The molecular formula is C18H20ClN3O2S. The zero-order valence-electron chi connectivity index (χ0n) is 13.9. The van der Waals surface area contributed by atoms with Crippen molar-refractivity contribution in [3.05, 3.63) is 45.6 Å². The highest BCUT2D eigenvalue weighted by Crippen LogP contribution is 2.30. The van der Waals surface area contributed by atoms with Crippen LogP contribution in [-0.4, -0.2) is 23.4 Å². The molecule has 1 aromatic carbocycles. The molecule has 1 saturated carbocycles. The van der Waals surface area contributed by atoms with Crippen molar-refractivity contribution in [3.8, 4) is 0 Å². The van der Waals surface area contributed by atoms with Gasteiger partial charge in [0.05, 0.1) is 10.9 Å². The fraction of sp³-hybridized carbons (Fsp3) is 0.333. The maximum atomic E-state index is 12.5. The van der Waals surface area contributed by atoms with Gasteiger partial charge in [-0.15, -0.1) is 11.3 Å². The first-order chi connectivity index (χ1) is 12.0. The summed E-state index contributed by atoms with van der Waals surface area (Å²) in [5.41, 5.74) is 1.35. The number of amides is 3. The lowest BCUT2D eigenvalue weighted by Gasteiger charge is -2.21. The summed E-state index contributed by atoms with van der Waals surface area (Å²) in [6.07, 6.45) is 1.92. The van der Waals surface area contributed by atoms with Crippen LogP contribution >= 0.6 is 22.9 Å². The molecule has 2 aromatic rings. The molecule has 1 heterocycles. The molecule has 3 rings (SSSR count). The number of carbonyl (C=O) groups excluding carboxylic acids is 2. The first-order valence-corrected chi connectivity index (χ1v) is 9.45. The van der Waals surface area contributed by atoms with E-state index in [0.717, 1.165) is 17.7 Å². The summed E-state index contributed by atoms with van der Waals surface area (Å²) < 4.78 is 0.713. The van der Waals surface area contributed by atoms with Gasteiger partial charge in [0, 0.05) is 28.7 Å². The average Bonchev–Trinajstić information content (AvgIpc) is 3.36. The molecule has 0 atom stereocenters. The Morgan fingerprint density at radius 1 is 1.20 bits per heavy atom. The number of nitrogens with zero attached hydrogens (tertiary/aromatic N) is 1. The first-order valence-electron chi connectivity index (χ1n) is 8.26. The number of benzene rings is 1. The van der Waals surface area contributed by atoms with E-state index >= 15 is 0 Å². The number of rotatable bonds is 6. The summed E-state index contributed by atoms with van der Waals surface area (Å²) in [6, 6.07) is 10.8. The second kappa shape index (κ2) is 7.89. The lowest BCUT2D eigenvalue weighted by molar-refractivity contribution is -0.117. The van der Waals surface area contributed by atoms with Gasteiger partial charge < -0.3 is 15.5 Å². The van der Waals surface area contributed by atoms with Crippen molar-refractivity contribution in [2.24, 2.45) is 5.92 Å². The van der Waals surface area contributed by atoms with E-state index in [-0.39, 0.29) is 17.9 Å². The summed E-state index contributed by atoms with van der Waals surface area (Å²) in [7, 11) is 0. The molecule has 0 saturated heterocycles. The molecule has 1 fully saturated rings. The average molecular weight is 378 g/mol. The maximum absolute atomic E-state index is 12.5. The van der Waals surface area contributed by atoms with Crippen molar-refractivity contribution in [2.75, 3.05) is 17.2 Å². The maximum Gasteiger partial charge on any atom is 0.322 e. The van der Waals surface area contributed by atoms with Gasteiger partial charge in [-0.3, -0.25) is 4.79 Å². The molecule has 0 unspecified atom stereocenters. The Balaban J connectivity index is 1.61. The van der Waals surface area contributed by atoms with E-state index in [2.05, 4.69) is 10.6 Å². The number of anilines is 2. The SMILES string of the molecule is CCN(Cc1ccc(Cl)s1)C(=O)Nc1cccc(NC(=O)C2CC2)c1. The van der Waals surface area contributed by atoms with Crippen LogP contribution in [0.2, 0.25) is 4.34 Å². The number of hydrogen-bond donors (Lipinski definition) is 2. The lowest BCUT2D eigenvalue weighted by atomic mass is 10.2. The molecule has 0 bridgehead atoms. The Kier molecular flexibility index (Phi) is 5.60. The van der Waals surface area contributed by atoms with E-state index in [1.165, 1.54) is 11.3 Å². The highest BCUT2D eigenvalue weighted by Gasteiger charge is 2.29. The van der Waals surface area contributed by atoms with E-state index in [4.69, 9.17) is 11.6 Å². The van der Waals surface area contributed by atoms with Crippen molar-refractivity contribution >= 4 is 46.3 Å². The Bertz CT molecular complexity index is 773. The normalized spacial score (nSPS) is 13.4. The molecule has 2 N–H and O–H groups in total. The second-order valence-corrected chi connectivity index (χ2v) is 7.79. The van der Waals surface area contributed by atoms with Crippen LogP contribution in [0.3, 0.4) is 0 Å². The van der Waals surface area contributed by atoms with Gasteiger partial charge in [-0.25, -0.2) is 4.79 Å². The topological polar surface area (TPSA) is 61.4 Å². The van der Waals surface area contributed by atoms with Crippen LogP contribution < -0.4 is 10.6 Å².